The Morgan fingerprint density at radius 2 is 1.83 bits per heavy atom. The molecule has 24 heavy (non-hydrogen) atoms. The lowest BCUT2D eigenvalue weighted by atomic mass is 10.2. The minimum Gasteiger partial charge on any atom is -0.466 e. The number of nitrogens with one attached hydrogen (secondary N) is 1. The Labute approximate surface area is 148 Å². The van der Waals surface area contributed by atoms with E-state index in [-0.39, 0.29) is 5.91 Å². The summed E-state index contributed by atoms with van der Waals surface area (Å²) >= 11 is 3.53. The van der Waals surface area contributed by atoms with Crippen molar-refractivity contribution in [1.82, 2.24) is 9.78 Å². The first kappa shape index (κ1) is 16.5. The summed E-state index contributed by atoms with van der Waals surface area (Å²) in [5.74, 6) is 1.17. The van der Waals surface area contributed by atoms with Gasteiger partial charge in [-0.15, -0.1) is 0 Å². The van der Waals surface area contributed by atoms with Crippen LogP contribution in [0.15, 0.2) is 39.2 Å². The van der Waals surface area contributed by atoms with Crippen LogP contribution in [0, 0.1) is 27.7 Å². The van der Waals surface area contributed by atoms with Crippen LogP contribution in [0.3, 0.4) is 0 Å². The Hall–Kier alpha value is -2.34. The van der Waals surface area contributed by atoms with Crippen LogP contribution >= 0.6 is 15.9 Å². The first-order valence-corrected chi connectivity index (χ1v) is 8.36. The summed E-state index contributed by atoms with van der Waals surface area (Å²) in [5.41, 5.74) is 4.20. The van der Waals surface area contributed by atoms with Gasteiger partial charge >= 0.3 is 0 Å². The van der Waals surface area contributed by atoms with Crippen molar-refractivity contribution in [2.24, 2.45) is 0 Å². The van der Waals surface area contributed by atoms with E-state index in [2.05, 4.69) is 26.3 Å². The molecule has 1 amide bonds. The molecule has 3 aromatic rings. The lowest BCUT2D eigenvalue weighted by molar-refractivity contribution is 0.102. The molecular formula is C18H18BrN3O2. The SMILES string of the molecule is Cc1cc(C(=O)Nc2ccc(-n3nc(C)c(Br)c3C)cc2)c(C)o1. The maximum Gasteiger partial charge on any atom is 0.259 e. The average molecular weight is 388 g/mol. The molecule has 0 bridgehead atoms. The highest BCUT2D eigenvalue weighted by atomic mass is 79.9. The average Bonchev–Trinajstić information content (AvgIpc) is 3.02. The Bertz CT molecular complexity index is 907. The van der Waals surface area contributed by atoms with Crippen LogP contribution in [0.4, 0.5) is 5.69 Å². The van der Waals surface area contributed by atoms with Gasteiger partial charge in [-0.1, -0.05) is 0 Å². The van der Waals surface area contributed by atoms with E-state index in [1.54, 1.807) is 13.0 Å². The van der Waals surface area contributed by atoms with E-state index >= 15 is 0 Å². The Balaban J connectivity index is 1.81. The number of carbonyl (C=O) groups is 1. The van der Waals surface area contributed by atoms with E-state index in [0.29, 0.717) is 11.3 Å². The minimum atomic E-state index is -0.175. The lowest BCUT2D eigenvalue weighted by Crippen LogP contribution is -2.12. The van der Waals surface area contributed by atoms with Crippen LogP contribution in [0.5, 0.6) is 0 Å². The van der Waals surface area contributed by atoms with Crippen molar-refractivity contribution < 1.29 is 9.21 Å². The van der Waals surface area contributed by atoms with Gasteiger partial charge in [0.05, 0.1) is 27.1 Å². The first-order valence-electron chi connectivity index (χ1n) is 7.57. The number of aryl methyl sites for hydroxylation is 3. The van der Waals surface area contributed by atoms with Crippen molar-refractivity contribution in [3.05, 3.63) is 63.3 Å². The zero-order valence-corrected chi connectivity index (χ0v) is 15.6. The molecule has 0 atom stereocenters. The van der Waals surface area contributed by atoms with E-state index in [0.717, 1.165) is 33.0 Å². The zero-order valence-electron chi connectivity index (χ0n) is 14.0. The zero-order chi connectivity index (χ0) is 17.4. The van der Waals surface area contributed by atoms with Crippen molar-refractivity contribution in [1.29, 1.82) is 0 Å². The van der Waals surface area contributed by atoms with E-state index in [1.165, 1.54) is 0 Å². The second-order valence-electron chi connectivity index (χ2n) is 5.72. The number of hydrogen-bond acceptors (Lipinski definition) is 3. The van der Waals surface area contributed by atoms with E-state index in [4.69, 9.17) is 4.42 Å². The van der Waals surface area contributed by atoms with Gasteiger partial charge < -0.3 is 9.73 Å². The second kappa shape index (κ2) is 6.28. The van der Waals surface area contributed by atoms with Crippen molar-refractivity contribution in [3.8, 4) is 5.69 Å². The number of carbonyl (C=O) groups excluding carboxylic acids is 1. The van der Waals surface area contributed by atoms with Crippen LogP contribution in [0.1, 0.15) is 33.3 Å². The molecule has 0 saturated heterocycles. The fraction of sp³-hybridized carbons (Fsp3) is 0.222. The summed E-state index contributed by atoms with van der Waals surface area (Å²) in [7, 11) is 0. The largest absolute Gasteiger partial charge is 0.466 e. The lowest BCUT2D eigenvalue weighted by Gasteiger charge is -2.07. The van der Waals surface area contributed by atoms with Gasteiger partial charge in [0.15, 0.2) is 0 Å². The van der Waals surface area contributed by atoms with Crippen LogP contribution in [-0.4, -0.2) is 15.7 Å². The highest BCUT2D eigenvalue weighted by molar-refractivity contribution is 9.10. The Morgan fingerprint density at radius 1 is 1.17 bits per heavy atom. The highest BCUT2D eigenvalue weighted by Gasteiger charge is 2.14. The maximum absolute atomic E-state index is 12.3. The van der Waals surface area contributed by atoms with Gasteiger partial charge in [-0.05, 0) is 74.0 Å². The number of hydrogen-bond donors (Lipinski definition) is 1. The number of aromatic nitrogens is 2. The summed E-state index contributed by atoms with van der Waals surface area (Å²) < 4.78 is 8.27. The monoisotopic (exact) mass is 387 g/mol. The molecule has 5 nitrogen and oxygen atoms in total. The van der Waals surface area contributed by atoms with Crippen LogP contribution < -0.4 is 5.32 Å². The van der Waals surface area contributed by atoms with Gasteiger partial charge in [-0.3, -0.25) is 4.79 Å². The van der Waals surface area contributed by atoms with Gasteiger partial charge in [0.2, 0.25) is 0 Å². The third-order valence-corrected chi connectivity index (χ3v) is 5.01. The molecule has 2 heterocycles. The normalized spacial score (nSPS) is 10.9. The van der Waals surface area contributed by atoms with Crippen LogP contribution in [-0.2, 0) is 0 Å². The van der Waals surface area contributed by atoms with Gasteiger partial charge in [-0.2, -0.15) is 5.10 Å². The molecule has 1 aromatic carbocycles. The third-order valence-electron chi connectivity index (χ3n) is 3.86. The van der Waals surface area contributed by atoms with Gasteiger partial charge in [0.25, 0.3) is 5.91 Å². The molecule has 0 unspecified atom stereocenters. The molecule has 6 heteroatoms. The fourth-order valence-electron chi connectivity index (χ4n) is 2.62. The molecule has 0 aliphatic rings. The number of nitrogens with zero attached hydrogens (tertiary/aromatic N) is 2. The molecule has 0 aliphatic heterocycles. The Morgan fingerprint density at radius 3 is 2.33 bits per heavy atom. The third kappa shape index (κ3) is 3.01. The van der Waals surface area contributed by atoms with Gasteiger partial charge in [0.1, 0.15) is 11.5 Å². The molecule has 0 fully saturated rings. The van der Waals surface area contributed by atoms with Crippen molar-refractivity contribution in [2.75, 3.05) is 5.32 Å². The topological polar surface area (TPSA) is 60.1 Å². The summed E-state index contributed by atoms with van der Waals surface area (Å²) in [6, 6.07) is 9.32. The number of rotatable bonds is 3. The van der Waals surface area contributed by atoms with Crippen LogP contribution in [0.2, 0.25) is 0 Å². The fourth-order valence-corrected chi connectivity index (χ4v) is 2.86. The molecule has 0 spiro atoms. The summed E-state index contributed by atoms with van der Waals surface area (Å²) in [4.78, 5) is 12.3. The van der Waals surface area contributed by atoms with Gasteiger partial charge in [0, 0.05) is 5.69 Å². The van der Waals surface area contributed by atoms with Crippen molar-refractivity contribution in [3.63, 3.8) is 0 Å². The maximum atomic E-state index is 12.3. The molecule has 3 rings (SSSR count). The number of amides is 1. The Kier molecular flexibility index (Phi) is 4.32. The number of benzene rings is 1. The number of furan rings is 1. The molecule has 0 aliphatic carbocycles. The molecular weight excluding hydrogens is 370 g/mol. The smallest absolute Gasteiger partial charge is 0.259 e. The van der Waals surface area contributed by atoms with E-state index in [9.17, 15) is 4.79 Å². The quantitative estimate of drug-likeness (QED) is 0.707. The van der Waals surface area contributed by atoms with Crippen molar-refractivity contribution in [2.45, 2.75) is 27.7 Å². The van der Waals surface area contributed by atoms with Crippen molar-refractivity contribution >= 4 is 27.5 Å². The number of anilines is 1. The summed E-state index contributed by atoms with van der Waals surface area (Å²) in [6.45, 7) is 7.57. The molecule has 0 saturated carbocycles. The second-order valence-corrected chi connectivity index (χ2v) is 6.52. The standard InChI is InChI=1S/C18H18BrN3O2/c1-10-9-16(13(4)24-10)18(23)20-14-5-7-15(8-6-14)22-12(3)17(19)11(2)21-22/h5-9H,1-4H3,(H,20,23). The van der Waals surface area contributed by atoms with Gasteiger partial charge in [-0.25, -0.2) is 4.68 Å². The summed E-state index contributed by atoms with van der Waals surface area (Å²) in [6.07, 6.45) is 0. The molecule has 1 N–H and O–H groups in total. The van der Waals surface area contributed by atoms with Crippen LogP contribution in [0.25, 0.3) is 5.69 Å². The predicted molar refractivity (Wildman–Crippen MR) is 96.9 cm³/mol. The first-order chi connectivity index (χ1) is 11.4. The predicted octanol–water partition coefficient (Wildman–Crippen LogP) is 4.71. The summed E-state index contributed by atoms with van der Waals surface area (Å²) in [5, 5.41) is 7.39. The number of halogens is 1. The van der Waals surface area contributed by atoms with E-state index < -0.39 is 0 Å². The molecule has 2 aromatic heterocycles. The molecule has 124 valence electrons. The minimum absolute atomic E-state index is 0.175. The highest BCUT2D eigenvalue weighted by Crippen LogP contribution is 2.24. The van der Waals surface area contributed by atoms with E-state index in [1.807, 2.05) is 49.7 Å². The molecule has 0 radical (unpaired) electrons.